The van der Waals surface area contributed by atoms with Crippen molar-refractivity contribution in [3.63, 3.8) is 0 Å². The highest BCUT2D eigenvalue weighted by Gasteiger charge is 2.24. The van der Waals surface area contributed by atoms with Gasteiger partial charge in [0.05, 0.1) is 17.9 Å². The molecule has 2 aromatic heterocycles. The minimum absolute atomic E-state index is 0.177. The first kappa shape index (κ1) is 24.8. The number of pyridine rings is 1. The van der Waals surface area contributed by atoms with Crippen LogP contribution in [-0.2, 0) is 0 Å². The van der Waals surface area contributed by atoms with Gasteiger partial charge in [0, 0.05) is 43.1 Å². The molecule has 2 saturated heterocycles. The lowest BCUT2D eigenvalue weighted by atomic mass is 10.1. The Kier molecular flexibility index (Phi) is 7.71. The second-order valence-corrected chi connectivity index (χ2v) is 9.87. The maximum absolute atomic E-state index is 10.3. The smallest absolute Gasteiger partial charge is 0.169 e. The fraction of sp³-hybridized carbons (Fsp3) is 0.414. The van der Waals surface area contributed by atoms with Gasteiger partial charge in [-0.3, -0.25) is 4.90 Å². The Balaban J connectivity index is 1.30. The van der Waals surface area contributed by atoms with Gasteiger partial charge in [0.1, 0.15) is 11.4 Å². The predicted molar refractivity (Wildman–Crippen MR) is 149 cm³/mol. The fourth-order valence-electron chi connectivity index (χ4n) is 5.18. The van der Waals surface area contributed by atoms with Gasteiger partial charge >= 0.3 is 0 Å². The van der Waals surface area contributed by atoms with Gasteiger partial charge in [0.25, 0.3) is 0 Å². The summed E-state index contributed by atoms with van der Waals surface area (Å²) in [5.41, 5.74) is 10.3. The number of anilines is 3. The number of aromatic nitrogens is 3. The number of likely N-dealkylation sites (tertiary alicyclic amines) is 1. The quantitative estimate of drug-likeness (QED) is 0.526. The normalized spacial score (nSPS) is 18.7. The number of nitrogen functional groups attached to an aromatic ring is 1. The SMILES string of the molecule is C[C@H]1CCN(c2cc(-c3ccccc3O)nnc2N)CCN1c1ccnc(C#CCN2CCCCC2)c1. The van der Waals surface area contributed by atoms with Crippen molar-refractivity contribution in [2.24, 2.45) is 0 Å². The molecule has 8 nitrogen and oxygen atoms in total. The summed E-state index contributed by atoms with van der Waals surface area (Å²) in [4.78, 5) is 11.6. The summed E-state index contributed by atoms with van der Waals surface area (Å²) in [7, 11) is 0. The average Bonchev–Trinajstić information content (AvgIpc) is 3.12. The number of phenols is 1. The van der Waals surface area contributed by atoms with E-state index in [1.807, 2.05) is 24.4 Å². The number of hydrogen-bond acceptors (Lipinski definition) is 8. The molecule has 0 spiro atoms. The first-order valence-corrected chi connectivity index (χ1v) is 13.2. The zero-order valence-electron chi connectivity index (χ0n) is 21.5. The number of aromatic hydroxyl groups is 1. The molecule has 0 amide bonds. The minimum Gasteiger partial charge on any atom is -0.507 e. The van der Waals surface area contributed by atoms with Crippen LogP contribution in [0.1, 0.15) is 38.3 Å². The van der Waals surface area contributed by atoms with Crippen LogP contribution in [-0.4, -0.2) is 70.5 Å². The van der Waals surface area contributed by atoms with Gasteiger partial charge in [-0.15, -0.1) is 10.2 Å². The number of hydrogen-bond donors (Lipinski definition) is 2. The highest BCUT2D eigenvalue weighted by molar-refractivity contribution is 5.74. The number of benzene rings is 1. The molecule has 1 aromatic carbocycles. The molecule has 0 radical (unpaired) electrons. The van der Waals surface area contributed by atoms with Crippen molar-refractivity contribution in [1.29, 1.82) is 0 Å². The van der Waals surface area contributed by atoms with Crippen molar-refractivity contribution in [2.45, 2.75) is 38.6 Å². The van der Waals surface area contributed by atoms with Crippen LogP contribution >= 0.6 is 0 Å². The molecule has 0 aliphatic carbocycles. The highest BCUT2D eigenvalue weighted by Crippen LogP contribution is 2.32. The van der Waals surface area contributed by atoms with Crippen LogP contribution in [0.4, 0.5) is 17.2 Å². The lowest BCUT2D eigenvalue weighted by molar-refractivity contribution is 0.255. The fourth-order valence-corrected chi connectivity index (χ4v) is 5.18. The van der Waals surface area contributed by atoms with Gasteiger partial charge in [-0.2, -0.15) is 0 Å². The van der Waals surface area contributed by atoms with Crippen molar-refractivity contribution in [3.05, 3.63) is 54.4 Å². The minimum atomic E-state index is 0.177. The summed E-state index contributed by atoms with van der Waals surface area (Å²) in [6, 6.07) is 13.6. The molecule has 5 rings (SSSR count). The largest absolute Gasteiger partial charge is 0.507 e. The lowest BCUT2D eigenvalue weighted by Gasteiger charge is -2.29. The van der Waals surface area contributed by atoms with E-state index in [0.717, 1.165) is 62.8 Å². The van der Waals surface area contributed by atoms with Gasteiger partial charge in [-0.05, 0) is 75.5 Å². The van der Waals surface area contributed by atoms with E-state index in [1.54, 1.807) is 12.1 Å². The summed E-state index contributed by atoms with van der Waals surface area (Å²) in [6.07, 6.45) is 6.71. The van der Waals surface area contributed by atoms with E-state index in [9.17, 15) is 5.11 Å². The standard InChI is InChI=1S/C29H35N7O/c1-22-12-17-35(27-21-26(32-33-29(27)30)25-9-3-4-10-28(25)37)18-19-36(22)24-11-13-31-23(20-24)8-7-16-34-14-5-2-6-15-34/h3-4,9-11,13,20-22,37H,2,5-6,12,14-19H2,1H3,(H2,30,33)/t22-/m0/s1. The molecule has 0 bridgehead atoms. The summed E-state index contributed by atoms with van der Waals surface area (Å²) in [6.45, 7) is 7.84. The third-order valence-corrected chi connectivity index (χ3v) is 7.32. The highest BCUT2D eigenvalue weighted by atomic mass is 16.3. The lowest BCUT2D eigenvalue weighted by Crippen LogP contribution is -2.35. The maximum atomic E-state index is 10.3. The summed E-state index contributed by atoms with van der Waals surface area (Å²) in [5.74, 6) is 7.18. The number of piperidine rings is 1. The Labute approximate surface area is 219 Å². The van der Waals surface area contributed by atoms with E-state index in [-0.39, 0.29) is 5.75 Å². The zero-order chi connectivity index (χ0) is 25.6. The zero-order valence-corrected chi connectivity index (χ0v) is 21.5. The molecule has 2 aliphatic heterocycles. The van der Waals surface area contributed by atoms with Gasteiger partial charge in [-0.1, -0.05) is 24.5 Å². The number of phenolic OH excluding ortho intramolecular Hbond substituents is 1. The molecule has 2 fully saturated rings. The van der Waals surface area contributed by atoms with Gasteiger partial charge in [0.15, 0.2) is 5.82 Å². The topological polar surface area (TPSA) is 94.6 Å². The monoisotopic (exact) mass is 497 g/mol. The molecule has 2 aliphatic rings. The van der Waals surface area contributed by atoms with Gasteiger partial charge in [-0.25, -0.2) is 4.98 Å². The molecular weight excluding hydrogens is 462 g/mol. The van der Waals surface area contributed by atoms with Crippen molar-refractivity contribution >= 4 is 17.2 Å². The van der Waals surface area contributed by atoms with Crippen molar-refractivity contribution in [1.82, 2.24) is 20.1 Å². The Hall–Kier alpha value is -3.83. The average molecular weight is 498 g/mol. The van der Waals surface area contributed by atoms with Crippen molar-refractivity contribution in [3.8, 4) is 28.8 Å². The van der Waals surface area contributed by atoms with Crippen LogP contribution in [0.3, 0.4) is 0 Å². The molecule has 4 heterocycles. The number of nitrogens with zero attached hydrogens (tertiary/aromatic N) is 6. The maximum Gasteiger partial charge on any atom is 0.169 e. The molecule has 3 aromatic rings. The Morgan fingerprint density at radius 2 is 1.84 bits per heavy atom. The van der Waals surface area contributed by atoms with Crippen LogP contribution in [0.15, 0.2) is 48.7 Å². The van der Waals surface area contributed by atoms with Crippen molar-refractivity contribution in [2.75, 3.05) is 54.8 Å². The summed E-state index contributed by atoms with van der Waals surface area (Å²) >= 11 is 0. The Morgan fingerprint density at radius 3 is 2.68 bits per heavy atom. The van der Waals surface area contributed by atoms with E-state index >= 15 is 0 Å². The number of nitrogens with two attached hydrogens (primary N) is 1. The van der Waals surface area contributed by atoms with Gasteiger partial charge in [0.2, 0.25) is 0 Å². The molecule has 1 atom stereocenters. The van der Waals surface area contributed by atoms with Crippen LogP contribution in [0.2, 0.25) is 0 Å². The third kappa shape index (κ3) is 5.95. The summed E-state index contributed by atoms with van der Waals surface area (Å²) < 4.78 is 0. The molecule has 37 heavy (non-hydrogen) atoms. The summed E-state index contributed by atoms with van der Waals surface area (Å²) in [5, 5.41) is 18.7. The number of rotatable bonds is 4. The second-order valence-electron chi connectivity index (χ2n) is 9.87. The van der Waals surface area contributed by atoms with Crippen LogP contribution in [0, 0.1) is 11.8 Å². The van der Waals surface area contributed by atoms with E-state index < -0.39 is 0 Å². The van der Waals surface area contributed by atoms with Crippen LogP contribution in [0.5, 0.6) is 5.75 Å². The van der Waals surface area contributed by atoms with E-state index in [0.29, 0.717) is 23.1 Å². The molecule has 8 heteroatoms. The van der Waals surface area contributed by atoms with Crippen LogP contribution in [0.25, 0.3) is 11.3 Å². The van der Waals surface area contributed by atoms with Gasteiger partial charge < -0.3 is 20.6 Å². The Bertz CT molecular complexity index is 1280. The first-order chi connectivity index (χ1) is 18.1. The molecule has 0 unspecified atom stereocenters. The first-order valence-electron chi connectivity index (χ1n) is 13.2. The third-order valence-electron chi connectivity index (χ3n) is 7.32. The molecular formula is C29H35N7O. The van der Waals surface area contributed by atoms with Crippen molar-refractivity contribution < 1.29 is 5.11 Å². The molecule has 192 valence electrons. The second kappa shape index (κ2) is 11.5. The molecule has 0 saturated carbocycles. The predicted octanol–water partition coefficient (Wildman–Crippen LogP) is 3.77. The van der Waals surface area contributed by atoms with E-state index in [4.69, 9.17) is 5.73 Å². The van der Waals surface area contributed by atoms with E-state index in [2.05, 4.69) is 60.8 Å². The molecule has 3 N–H and O–H groups in total. The van der Waals surface area contributed by atoms with Crippen LogP contribution < -0.4 is 15.5 Å². The number of para-hydroxylation sites is 1. The Morgan fingerprint density at radius 1 is 1.00 bits per heavy atom. The van der Waals surface area contributed by atoms with E-state index in [1.165, 1.54) is 19.3 Å².